The number of nitro benzene ring substituents is 1. The van der Waals surface area contributed by atoms with Crippen LogP contribution in [0, 0.1) is 10.1 Å². The van der Waals surface area contributed by atoms with Gasteiger partial charge in [0.05, 0.1) is 11.0 Å². The van der Waals surface area contributed by atoms with Crippen molar-refractivity contribution in [3.05, 3.63) is 33.9 Å². The smallest absolute Gasteiger partial charge is 0.293 e. The summed E-state index contributed by atoms with van der Waals surface area (Å²) in [5.41, 5.74) is 0.691. The van der Waals surface area contributed by atoms with Crippen LogP contribution in [-0.2, 0) is 4.74 Å². The van der Waals surface area contributed by atoms with E-state index in [-0.39, 0.29) is 23.7 Å². The third kappa shape index (κ3) is 4.94. The molecule has 7 nitrogen and oxygen atoms in total. The van der Waals surface area contributed by atoms with Crippen LogP contribution in [-0.4, -0.2) is 36.1 Å². The third-order valence-corrected chi connectivity index (χ3v) is 5.19. The number of benzene rings is 1. The van der Waals surface area contributed by atoms with Crippen molar-refractivity contribution in [1.29, 1.82) is 0 Å². The molecule has 142 valence electrons. The van der Waals surface area contributed by atoms with Crippen molar-refractivity contribution in [2.75, 3.05) is 18.5 Å². The summed E-state index contributed by atoms with van der Waals surface area (Å²) in [5, 5.41) is 17.6. The van der Waals surface area contributed by atoms with E-state index in [4.69, 9.17) is 4.74 Å². The van der Waals surface area contributed by atoms with Crippen molar-refractivity contribution in [3.8, 4) is 0 Å². The lowest BCUT2D eigenvalue weighted by Crippen LogP contribution is -2.34. The van der Waals surface area contributed by atoms with Gasteiger partial charge < -0.3 is 15.4 Å². The molecule has 1 saturated carbocycles. The van der Waals surface area contributed by atoms with Crippen LogP contribution < -0.4 is 10.6 Å². The first-order chi connectivity index (χ1) is 12.6. The molecule has 1 aromatic carbocycles. The van der Waals surface area contributed by atoms with E-state index >= 15 is 0 Å². The lowest BCUT2D eigenvalue weighted by molar-refractivity contribution is -0.384. The Morgan fingerprint density at radius 1 is 1.15 bits per heavy atom. The van der Waals surface area contributed by atoms with E-state index in [9.17, 15) is 14.9 Å². The maximum absolute atomic E-state index is 12.5. The number of amides is 1. The molecule has 0 unspecified atom stereocenters. The van der Waals surface area contributed by atoms with Gasteiger partial charge in [-0.05, 0) is 37.8 Å². The fourth-order valence-electron chi connectivity index (χ4n) is 3.69. The van der Waals surface area contributed by atoms with E-state index in [0.717, 1.165) is 45.1 Å². The fourth-order valence-corrected chi connectivity index (χ4v) is 3.69. The number of carbonyl (C=O) groups is 1. The lowest BCUT2D eigenvalue weighted by atomic mass is 10.1. The Morgan fingerprint density at radius 3 is 2.58 bits per heavy atom. The van der Waals surface area contributed by atoms with Gasteiger partial charge >= 0.3 is 0 Å². The molecule has 2 fully saturated rings. The standard InChI is InChI=1S/C19H27N3O4/c23-19(21-15-6-3-1-2-4-7-15)14-9-10-17(18(12-14)22(24)25)20-13-16-8-5-11-26-16/h9-10,12,15-16,20H,1-8,11,13H2,(H,21,23)/t16-/m0/s1. The first-order valence-electron chi connectivity index (χ1n) is 9.58. The van der Waals surface area contributed by atoms with Crippen LogP contribution >= 0.6 is 0 Å². The predicted octanol–water partition coefficient (Wildman–Crippen LogP) is 3.64. The van der Waals surface area contributed by atoms with Crippen LogP contribution in [0.25, 0.3) is 0 Å². The Balaban J connectivity index is 1.66. The predicted molar refractivity (Wildman–Crippen MR) is 99.5 cm³/mol. The molecule has 2 N–H and O–H groups in total. The normalized spacial score (nSPS) is 21.2. The van der Waals surface area contributed by atoms with E-state index in [1.54, 1.807) is 12.1 Å². The van der Waals surface area contributed by atoms with Gasteiger partial charge in [-0.3, -0.25) is 14.9 Å². The van der Waals surface area contributed by atoms with Gasteiger partial charge in [0.15, 0.2) is 0 Å². The zero-order valence-corrected chi connectivity index (χ0v) is 15.0. The van der Waals surface area contributed by atoms with Crippen molar-refractivity contribution in [2.24, 2.45) is 0 Å². The summed E-state index contributed by atoms with van der Waals surface area (Å²) in [5.74, 6) is -0.231. The zero-order chi connectivity index (χ0) is 18.4. The molecular weight excluding hydrogens is 334 g/mol. The van der Waals surface area contributed by atoms with Crippen LogP contribution in [0.3, 0.4) is 0 Å². The lowest BCUT2D eigenvalue weighted by Gasteiger charge is -2.17. The minimum absolute atomic E-state index is 0.0727. The van der Waals surface area contributed by atoms with Crippen LogP contribution in [0.2, 0.25) is 0 Å². The van der Waals surface area contributed by atoms with Crippen molar-refractivity contribution in [1.82, 2.24) is 5.32 Å². The van der Waals surface area contributed by atoms with E-state index < -0.39 is 4.92 Å². The molecule has 1 saturated heterocycles. The Morgan fingerprint density at radius 2 is 1.92 bits per heavy atom. The number of rotatable bonds is 6. The highest BCUT2D eigenvalue weighted by Gasteiger charge is 2.22. The highest BCUT2D eigenvalue weighted by Crippen LogP contribution is 2.27. The Hall–Kier alpha value is -2.15. The van der Waals surface area contributed by atoms with Gasteiger partial charge in [0.2, 0.25) is 0 Å². The summed E-state index contributed by atoms with van der Waals surface area (Å²) >= 11 is 0. The molecule has 1 aliphatic heterocycles. The monoisotopic (exact) mass is 361 g/mol. The van der Waals surface area contributed by atoms with E-state index in [2.05, 4.69) is 10.6 Å². The third-order valence-electron chi connectivity index (χ3n) is 5.19. The van der Waals surface area contributed by atoms with Crippen LogP contribution in [0.4, 0.5) is 11.4 Å². The molecule has 2 aliphatic rings. The van der Waals surface area contributed by atoms with E-state index in [1.165, 1.54) is 18.9 Å². The summed E-state index contributed by atoms with van der Waals surface area (Å²) in [7, 11) is 0. The number of carbonyl (C=O) groups excluding carboxylic acids is 1. The van der Waals surface area contributed by atoms with Gasteiger partial charge in [0.1, 0.15) is 5.69 Å². The average molecular weight is 361 g/mol. The number of nitro groups is 1. The molecule has 0 bridgehead atoms. The molecule has 1 aromatic rings. The number of ether oxygens (including phenoxy) is 1. The van der Waals surface area contributed by atoms with Crippen molar-refractivity contribution in [3.63, 3.8) is 0 Å². The van der Waals surface area contributed by atoms with Gasteiger partial charge in [0.25, 0.3) is 11.6 Å². The van der Waals surface area contributed by atoms with Gasteiger partial charge in [-0.25, -0.2) is 0 Å². The summed E-state index contributed by atoms with van der Waals surface area (Å²) < 4.78 is 5.54. The van der Waals surface area contributed by atoms with Crippen molar-refractivity contribution < 1.29 is 14.5 Å². The minimum atomic E-state index is -0.444. The van der Waals surface area contributed by atoms with Crippen LogP contribution in [0.1, 0.15) is 61.7 Å². The second-order valence-corrected chi connectivity index (χ2v) is 7.17. The quantitative estimate of drug-likeness (QED) is 0.458. The Bertz CT molecular complexity index is 636. The topological polar surface area (TPSA) is 93.5 Å². The highest BCUT2D eigenvalue weighted by molar-refractivity contribution is 5.95. The number of anilines is 1. The van der Waals surface area contributed by atoms with Gasteiger partial charge in [-0.15, -0.1) is 0 Å². The first kappa shape index (κ1) is 18.6. The molecule has 0 aromatic heterocycles. The zero-order valence-electron chi connectivity index (χ0n) is 15.0. The van der Waals surface area contributed by atoms with E-state index in [1.807, 2.05) is 0 Å². The van der Waals surface area contributed by atoms with Gasteiger partial charge in [-0.1, -0.05) is 25.7 Å². The minimum Gasteiger partial charge on any atom is -0.377 e. The van der Waals surface area contributed by atoms with Gasteiger partial charge in [0, 0.05) is 30.8 Å². The molecule has 26 heavy (non-hydrogen) atoms. The van der Waals surface area contributed by atoms with Crippen LogP contribution in [0.5, 0.6) is 0 Å². The summed E-state index contributed by atoms with van der Waals surface area (Å²) in [6.45, 7) is 1.28. The molecule has 1 aliphatic carbocycles. The second kappa shape index (κ2) is 8.98. The SMILES string of the molecule is O=C(NC1CCCCCC1)c1ccc(NC[C@@H]2CCCO2)c([N+](=O)[O-])c1. The number of hydrogen-bond donors (Lipinski definition) is 2. The molecule has 1 amide bonds. The van der Waals surface area contributed by atoms with Gasteiger partial charge in [-0.2, -0.15) is 0 Å². The van der Waals surface area contributed by atoms with E-state index in [0.29, 0.717) is 17.8 Å². The molecule has 0 radical (unpaired) electrons. The number of hydrogen-bond acceptors (Lipinski definition) is 5. The molecule has 7 heteroatoms. The van der Waals surface area contributed by atoms with Crippen molar-refractivity contribution in [2.45, 2.75) is 63.5 Å². The molecular formula is C19H27N3O4. The maximum atomic E-state index is 12.5. The average Bonchev–Trinajstić information content (AvgIpc) is 3.03. The molecule has 0 spiro atoms. The largest absolute Gasteiger partial charge is 0.377 e. The fraction of sp³-hybridized carbons (Fsp3) is 0.632. The second-order valence-electron chi connectivity index (χ2n) is 7.17. The molecule has 1 heterocycles. The summed E-state index contributed by atoms with van der Waals surface area (Å²) in [6.07, 6.45) is 8.70. The van der Waals surface area contributed by atoms with Crippen molar-refractivity contribution >= 4 is 17.3 Å². The molecule has 1 atom stereocenters. The Kier molecular flexibility index (Phi) is 6.44. The Labute approximate surface area is 153 Å². The highest BCUT2D eigenvalue weighted by atomic mass is 16.6. The first-order valence-corrected chi connectivity index (χ1v) is 9.58. The number of nitrogens with one attached hydrogen (secondary N) is 2. The number of nitrogens with zero attached hydrogens (tertiary/aromatic N) is 1. The van der Waals surface area contributed by atoms with Crippen LogP contribution in [0.15, 0.2) is 18.2 Å². The summed E-state index contributed by atoms with van der Waals surface area (Å²) in [4.78, 5) is 23.5. The maximum Gasteiger partial charge on any atom is 0.293 e. The summed E-state index contributed by atoms with van der Waals surface area (Å²) in [6, 6.07) is 4.80. The molecule has 3 rings (SSSR count).